The average Bonchev–Trinajstić information content (AvgIpc) is 2.02. The summed E-state index contributed by atoms with van der Waals surface area (Å²) in [5.74, 6) is -1.02. The van der Waals surface area contributed by atoms with Crippen LogP contribution in [0.3, 0.4) is 0 Å². The number of likely N-dealkylation sites (N-methyl/N-ethyl adjacent to an activating group) is 1. The van der Waals surface area contributed by atoms with E-state index < -0.39 is 23.9 Å². The van der Waals surface area contributed by atoms with Gasteiger partial charge in [0, 0.05) is 7.05 Å². The molecule has 13 heavy (non-hydrogen) atoms. The van der Waals surface area contributed by atoms with Gasteiger partial charge in [0.25, 0.3) is 5.91 Å². The Morgan fingerprint density at radius 2 is 1.92 bits per heavy atom. The average molecular weight is 189 g/mol. The van der Waals surface area contributed by atoms with Crippen molar-refractivity contribution < 1.29 is 14.8 Å². The van der Waals surface area contributed by atoms with Gasteiger partial charge in [0.05, 0.1) is 6.04 Å². The highest BCUT2D eigenvalue weighted by Gasteiger charge is 2.19. The number of nitrogens with one attached hydrogen (secondary N) is 1. The number of carbonyl (C=O) groups is 2. The Labute approximate surface area is 76.6 Å². The van der Waals surface area contributed by atoms with Crippen molar-refractivity contribution in [3.63, 3.8) is 0 Å². The Bertz CT molecular complexity index is 203. The van der Waals surface area contributed by atoms with Crippen LogP contribution in [0.1, 0.15) is 13.8 Å². The molecule has 0 saturated carbocycles. The van der Waals surface area contributed by atoms with Crippen LogP contribution in [0.15, 0.2) is 0 Å². The fraction of sp³-hybridized carbons (Fsp3) is 0.714. The predicted octanol–water partition coefficient (Wildman–Crippen LogP) is -1.31. The van der Waals surface area contributed by atoms with Crippen molar-refractivity contribution in [3.05, 3.63) is 0 Å². The monoisotopic (exact) mass is 189 g/mol. The van der Waals surface area contributed by atoms with Gasteiger partial charge in [0.15, 0.2) is 0 Å². The van der Waals surface area contributed by atoms with Gasteiger partial charge in [-0.15, -0.1) is 0 Å². The van der Waals surface area contributed by atoms with Gasteiger partial charge in [-0.2, -0.15) is 0 Å². The maximum absolute atomic E-state index is 11.0. The summed E-state index contributed by atoms with van der Waals surface area (Å²) in [4.78, 5) is 22.0. The Balaban J connectivity index is 4.08. The number of nitrogens with two attached hydrogens (primary N) is 1. The summed E-state index contributed by atoms with van der Waals surface area (Å²) in [6.07, 6.45) is 0. The van der Waals surface area contributed by atoms with Gasteiger partial charge in [-0.3, -0.25) is 14.8 Å². The van der Waals surface area contributed by atoms with Crippen LogP contribution < -0.4 is 11.1 Å². The summed E-state index contributed by atoms with van der Waals surface area (Å²) < 4.78 is 0. The normalized spacial score (nSPS) is 14.5. The van der Waals surface area contributed by atoms with Crippen LogP contribution in [0.5, 0.6) is 0 Å². The Hall–Kier alpha value is -1.14. The first-order valence-electron chi connectivity index (χ1n) is 3.88. The molecule has 0 rings (SSSR count). The van der Waals surface area contributed by atoms with E-state index in [0.29, 0.717) is 5.06 Å². The third-order valence-corrected chi connectivity index (χ3v) is 1.46. The molecule has 0 saturated heterocycles. The van der Waals surface area contributed by atoms with Gasteiger partial charge in [-0.25, -0.2) is 5.06 Å². The van der Waals surface area contributed by atoms with Crippen LogP contribution in [0, 0.1) is 0 Å². The van der Waals surface area contributed by atoms with Crippen molar-refractivity contribution in [2.75, 3.05) is 7.05 Å². The van der Waals surface area contributed by atoms with E-state index in [1.807, 2.05) is 0 Å². The summed E-state index contributed by atoms with van der Waals surface area (Å²) in [5.41, 5.74) is 5.26. The zero-order valence-corrected chi connectivity index (χ0v) is 7.94. The van der Waals surface area contributed by atoms with E-state index >= 15 is 0 Å². The second kappa shape index (κ2) is 4.78. The summed E-state index contributed by atoms with van der Waals surface area (Å²) in [6, 6.07) is -1.44. The quantitative estimate of drug-likeness (QED) is 0.379. The minimum absolute atomic E-state index is 0.423. The van der Waals surface area contributed by atoms with Gasteiger partial charge in [0.2, 0.25) is 5.91 Å². The molecule has 0 aliphatic heterocycles. The number of nitrogens with zero attached hydrogens (tertiary/aromatic N) is 1. The number of rotatable bonds is 3. The van der Waals surface area contributed by atoms with Crippen molar-refractivity contribution in [1.29, 1.82) is 0 Å². The second-order valence-corrected chi connectivity index (χ2v) is 2.88. The molecule has 0 radical (unpaired) electrons. The fourth-order valence-corrected chi connectivity index (χ4v) is 0.687. The van der Waals surface area contributed by atoms with Gasteiger partial charge in [0.1, 0.15) is 6.04 Å². The van der Waals surface area contributed by atoms with Crippen LogP contribution in [-0.2, 0) is 9.59 Å². The lowest BCUT2D eigenvalue weighted by Crippen LogP contribution is -2.49. The van der Waals surface area contributed by atoms with E-state index in [-0.39, 0.29) is 0 Å². The van der Waals surface area contributed by atoms with Crippen molar-refractivity contribution >= 4 is 11.8 Å². The van der Waals surface area contributed by atoms with Crippen LogP contribution in [0.4, 0.5) is 0 Å². The minimum atomic E-state index is -0.770. The smallest absolute Gasteiger partial charge is 0.267 e. The maximum Gasteiger partial charge on any atom is 0.267 e. The summed E-state index contributed by atoms with van der Waals surface area (Å²) in [6.45, 7) is 2.98. The second-order valence-electron chi connectivity index (χ2n) is 2.88. The molecule has 0 aromatic rings. The molecular weight excluding hydrogens is 174 g/mol. The largest absolute Gasteiger partial charge is 0.343 e. The molecule has 0 bridgehead atoms. The fourth-order valence-electron chi connectivity index (χ4n) is 0.687. The van der Waals surface area contributed by atoms with E-state index in [1.165, 1.54) is 20.9 Å². The first-order valence-corrected chi connectivity index (χ1v) is 3.88. The van der Waals surface area contributed by atoms with Crippen molar-refractivity contribution in [2.45, 2.75) is 25.9 Å². The molecule has 0 spiro atoms. The standard InChI is InChI=1S/C7H15N3O3/c1-4(8)6(11)9-5(2)7(12)10(3)13/h4-5,13H,8H2,1-3H3,(H,9,11)/t4-,5-/m0/s1. The molecule has 2 amide bonds. The Morgan fingerprint density at radius 3 is 2.23 bits per heavy atom. The Morgan fingerprint density at radius 1 is 1.46 bits per heavy atom. The molecule has 0 aliphatic carbocycles. The number of hydroxylamine groups is 2. The summed E-state index contributed by atoms with van der Waals surface area (Å²) in [5, 5.41) is 11.5. The highest BCUT2D eigenvalue weighted by atomic mass is 16.5. The number of hydrogen-bond acceptors (Lipinski definition) is 4. The first-order chi connectivity index (χ1) is 5.86. The lowest BCUT2D eigenvalue weighted by atomic mass is 10.2. The molecule has 0 unspecified atom stereocenters. The van der Waals surface area contributed by atoms with Gasteiger partial charge in [-0.1, -0.05) is 0 Å². The van der Waals surface area contributed by atoms with Gasteiger partial charge < -0.3 is 11.1 Å². The molecule has 6 heteroatoms. The molecule has 0 aromatic carbocycles. The van der Waals surface area contributed by atoms with E-state index in [4.69, 9.17) is 10.9 Å². The van der Waals surface area contributed by atoms with Crippen LogP contribution in [0.25, 0.3) is 0 Å². The lowest BCUT2D eigenvalue weighted by Gasteiger charge is -2.17. The molecule has 6 nitrogen and oxygen atoms in total. The highest BCUT2D eigenvalue weighted by molar-refractivity contribution is 5.88. The number of amides is 2. The van der Waals surface area contributed by atoms with Crippen molar-refractivity contribution in [3.8, 4) is 0 Å². The molecule has 0 aromatic heterocycles. The SMILES string of the molecule is C[C@H](N)C(=O)N[C@@H](C)C(=O)N(C)O. The predicted molar refractivity (Wildman–Crippen MR) is 45.8 cm³/mol. The highest BCUT2D eigenvalue weighted by Crippen LogP contribution is 1.89. The molecule has 76 valence electrons. The molecule has 0 aliphatic rings. The third kappa shape index (κ3) is 3.86. The maximum atomic E-state index is 11.0. The molecule has 0 fully saturated rings. The summed E-state index contributed by atoms with van der Waals surface area (Å²) >= 11 is 0. The first kappa shape index (κ1) is 11.9. The van der Waals surface area contributed by atoms with E-state index in [1.54, 1.807) is 0 Å². The van der Waals surface area contributed by atoms with E-state index in [0.717, 1.165) is 0 Å². The molecule has 2 atom stereocenters. The van der Waals surface area contributed by atoms with Crippen LogP contribution >= 0.6 is 0 Å². The summed E-state index contributed by atoms with van der Waals surface area (Å²) in [7, 11) is 1.19. The van der Waals surface area contributed by atoms with Crippen molar-refractivity contribution in [1.82, 2.24) is 10.4 Å². The zero-order chi connectivity index (χ0) is 10.6. The van der Waals surface area contributed by atoms with Crippen LogP contribution in [0.2, 0.25) is 0 Å². The minimum Gasteiger partial charge on any atom is -0.343 e. The zero-order valence-electron chi connectivity index (χ0n) is 7.94. The molecule has 0 heterocycles. The van der Waals surface area contributed by atoms with Gasteiger partial charge >= 0.3 is 0 Å². The van der Waals surface area contributed by atoms with Gasteiger partial charge in [-0.05, 0) is 13.8 Å². The lowest BCUT2D eigenvalue weighted by molar-refractivity contribution is -0.162. The van der Waals surface area contributed by atoms with E-state index in [2.05, 4.69) is 5.32 Å². The topological polar surface area (TPSA) is 95.7 Å². The number of hydrogen-bond donors (Lipinski definition) is 3. The van der Waals surface area contributed by atoms with E-state index in [9.17, 15) is 9.59 Å². The third-order valence-electron chi connectivity index (χ3n) is 1.46. The number of carbonyl (C=O) groups excluding carboxylic acids is 2. The van der Waals surface area contributed by atoms with Crippen molar-refractivity contribution in [2.24, 2.45) is 5.73 Å². The van der Waals surface area contributed by atoms with Crippen LogP contribution in [-0.4, -0.2) is 41.2 Å². The molecular formula is C7H15N3O3. The molecule has 4 N–H and O–H groups in total. The Kier molecular flexibility index (Phi) is 4.36.